The van der Waals surface area contributed by atoms with Crippen LogP contribution in [0.5, 0.6) is 0 Å². The number of carbonyl (C=O) groups excluding carboxylic acids is 1. The van der Waals surface area contributed by atoms with E-state index in [4.69, 9.17) is 0 Å². The molecule has 2 aromatic rings. The maximum Gasteiger partial charge on any atom is 0.214 e. The first kappa shape index (κ1) is 12.8. The predicted octanol–water partition coefficient (Wildman–Crippen LogP) is 2.12. The third-order valence-corrected chi connectivity index (χ3v) is 3.35. The number of ketones is 1. The predicted molar refractivity (Wildman–Crippen MR) is 69.8 cm³/mol. The number of aromatic nitrogens is 4. The Hall–Kier alpha value is -1.69. The number of hydrogen-bond donors (Lipinski definition) is 0. The van der Waals surface area contributed by atoms with E-state index in [1.807, 2.05) is 30.3 Å². The van der Waals surface area contributed by atoms with Gasteiger partial charge in [0, 0.05) is 12.2 Å². The molecule has 0 N–H and O–H groups in total. The van der Waals surface area contributed by atoms with Crippen molar-refractivity contribution in [2.45, 2.75) is 24.9 Å². The Bertz CT molecular complexity index is 512. The fourth-order valence-corrected chi connectivity index (χ4v) is 2.31. The molecule has 0 atom stereocenters. The van der Waals surface area contributed by atoms with Gasteiger partial charge in [-0.25, -0.2) is 0 Å². The standard InChI is InChI=1S/C12H14N4OS/c1-10(17)6-5-9-18-12-13-14-15-16(12)11-7-3-2-4-8-11/h2-4,7-8H,5-6,9H2,1H3. The summed E-state index contributed by atoms with van der Waals surface area (Å²) in [5.41, 5.74) is 0.941. The number of Topliss-reactive ketones (excluding diaryl/α,β-unsaturated/α-hetero) is 1. The summed E-state index contributed by atoms with van der Waals surface area (Å²) in [6, 6.07) is 9.75. The molecule has 0 unspecified atom stereocenters. The second kappa shape index (κ2) is 6.30. The van der Waals surface area contributed by atoms with E-state index in [0.717, 1.165) is 23.0 Å². The first-order chi connectivity index (χ1) is 8.77. The van der Waals surface area contributed by atoms with Gasteiger partial charge in [0.05, 0.1) is 5.69 Å². The van der Waals surface area contributed by atoms with Gasteiger partial charge in [0.15, 0.2) is 0 Å². The van der Waals surface area contributed by atoms with E-state index in [0.29, 0.717) is 6.42 Å². The quantitative estimate of drug-likeness (QED) is 0.589. The molecule has 0 aliphatic carbocycles. The van der Waals surface area contributed by atoms with Gasteiger partial charge in [0.1, 0.15) is 5.78 Å². The molecule has 6 heteroatoms. The second-order valence-corrected chi connectivity index (χ2v) is 4.92. The normalized spacial score (nSPS) is 10.5. The Morgan fingerprint density at radius 1 is 1.33 bits per heavy atom. The smallest absolute Gasteiger partial charge is 0.214 e. The summed E-state index contributed by atoms with van der Waals surface area (Å²) in [7, 11) is 0. The molecular weight excluding hydrogens is 248 g/mol. The summed E-state index contributed by atoms with van der Waals surface area (Å²) in [4.78, 5) is 10.8. The van der Waals surface area contributed by atoms with Gasteiger partial charge in [0.2, 0.25) is 5.16 Å². The van der Waals surface area contributed by atoms with Gasteiger partial charge in [-0.3, -0.25) is 0 Å². The number of tetrazole rings is 1. The molecule has 2 rings (SSSR count). The van der Waals surface area contributed by atoms with Crippen molar-refractivity contribution < 1.29 is 4.79 Å². The van der Waals surface area contributed by atoms with Crippen LogP contribution in [0.25, 0.3) is 5.69 Å². The van der Waals surface area contributed by atoms with Gasteiger partial charge in [0.25, 0.3) is 0 Å². The van der Waals surface area contributed by atoms with Crippen LogP contribution in [0.15, 0.2) is 35.5 Å². The summed E-state index contributed by atoms with van der Waals surface area (Å²) in [6.45, 7) is 1.61. The molecule has 5 nitrogen and oxygen atoms in total. The lowest BCUT2D eigenvalue weighted by molar-refractivity contribution is -0.117. The Balaban J connectivity index is 1.98. The van der Waals surface area contributed by atoms with Crippen LogP contribution in [0.2, 0.25) is 0 Å². The van der Waals surface area contributed by atoms with Crippen molar-refractivity contribution in [2.24, 2.45) is 0 Å². The highest BCUT2D eigenvalue weighted by molar-refractivity contribution is 7.99. The molecule has 0 aliphatic rings. The zero-order valence-electron chi connectivity index (χ0n) is 10.1. The summed E-state index contributed by atoms with van der Waals surface area (Å²) < 4.78 is 1.71. The molecule has 0 saturated carbocycles. The molecule has 0 bridgehead atoms. The highest BCUT2D eigenvalue weighted by atomic mass is 32.2. The van der Waals surface area contributed by atoms with E-state index >= 15 is 0 Å². The van der Waals surface area contributed by atoms with Crippen molar-refractivity contribution in [2.75, 3.05) is 5.75 Å². The minimum Gasteiger partial charge on any atom is -0.300 e. The van der Waals surface area contributed by atoms with Crippen LogP contribution in [0.1, 0.15) is 19.8 Å². The van der Waals surface area contributed by atoms with Gasteiger partial charge in [-0.1, -0.05) is 30.0 Å². The van der Waals surface area contributed by atoms with Crippen molar-refractivity contribution >= 4 is 17.5 Å². The van der Waals surface area contributed by atoms with Crippen LogP contribution in [-0.2, 0) is 4.79 Å². The zero-order chi connectivity index (χ0) is 12.8. The highest BCUT2D eigenvalue weighted by Gasteiger charge is 2.08. The molecule has 1 heterocycles. The molecule has 0 aliphatic heterocycles. The van der Waals surface area contributed by atoms with Crippen molar-refractivity contribution in [1.29, 1.82) is 0 Å². The lowest BCUT2D eigenvalue weighted by atomic mass is 10.3. The molecule has 0 saturated heterocycles. The average molecular weight is 262 g/mol. The molecule has 1 aromatic carbocycles. The van der Waals surface area contributed by atoms with Crippen LogP contribution in [0.4, 0.5) is 0 Å². The molecule has 0 radical (unpaired) electrons. The fourth-order valence-electron chi connectivity index (χ4n) is 1.48. The van der Waals surface area contributed by atoms with Crippen molar-refractivity contribution in [3.63, 3.8) is 0 Å². The first-order valence-corrected chi connectivity index (χ1v) is 6.72. The van der Waals surface area contributed by atoms with Gasteiger partial charge in [-0.05, 0) is 35.9 Å². The number of carbonyl (C=O) groups is 1. The molecule has 18 heavy (non-hydrogen) atoms. The molecule has 0 fully saturated rings. The van der Waals surface area contributed by atoms with Crippen molar-refractivity contribution in [3.8, 4) is 5.69 Å². The summed E-state index contributed by atoms with van der Waals surface area (Å²) >= 11 is 1.57. The summed E-state index contributed by atoms with van der Waals surface area (Å²) in [5.74, 6) is 1.06. The van der Waals surface area contributed by atoms with Crippen LogP contribution in [0.3, 0.4) is 0 Å². The lowest BCUT2D eigenvalue weighted by Gasteiger charge is -2.03. The number of para-hydroxylation sites is 1. The first-order valence-electron chi connectivity index (χ1n) is 5.73. The van der Waals surface area contributed by atoms with E-state index in [1.165, 1.54) is 0 Å². The summed E-state index contributed by atoms with van der Waals surface area (Å²) in [6.07, 6.45) is 1.46. The minimum absolute atomic E-state index is 0.221. The number of nitrogens with zero attached hydrogens (tertiary/aromatic N) is 4. The van der Waals surface area contributed by atoms with Crippen LogP contribution in [-0.4, -0.2) is 31.7 Å². The molecule has 94 valence electrons. The van der Waals surface area contributed by atoms with Gasteiger partial charge >= 0.3 is 0 Å². The summed E-state index contributed by atoms with van der Waals surface area (Å²) in [5, 5.41) is 12.4. The Labute approximate surface area is 110 Å². The largest absolute Gasteiger partial charge is 0.300 e. The van der Waals surface area contributed by atoms with E-state index in [9.17, 15) is 4.79 Å². The van der Waals surface area contributed by atoms with E-state index < -0.39 is 0 Å². The van der Waals surface area contributed by atoms with Gasteiger partial charge in [-0.15, -0.1) is 5.10 Å². The number of thioether (sulfide) groups is 1. The molecule has 0 amide bonds. The Morgan fingerprint density at radius 3 is 2.83 bits per heavy atom. The third kappa shape index (κ3) is 3.40. The number of hydrogen-bond acceptors (Lipinski definition) is 5. The van der Waals surface area contributed by atoms with E-state index in [-0.39, 0.29) is 5.78 Å². The fraction of sp³-hybridized carbons (Fsp3) is 0.333. The average Bonchev–Trinajstić information content (AvgIpc) is 2.84. The van der Waals surface area contributed by atoms with Crippen LogP contribution in [0, 0.1) is 0 Å². The molecular formula is C12H14N4OS. The zero-order valence-corrected chi connectivity index (χ0v) is 10.9. The molecule has 1 aromatic heterocycles. The topological polar surface area (TPSA) is 60.7 Å². The second-order valence-electron chi connectivity index (χ2n) is 3.86. The monoisotopic (exact) mass is 262 g/mol. The number of benzene rings is 1. The van der Waals surface area contributed by atoms with E-state index in [2.05, 4.69) is 15.5 Å². The lowest BCUT2D eigenvalue weighted by Crippen LogP contribution is -1.99. The van der Waals surface area contributed by atoms with Gasteiger partial charge < -0.3 is 4.79 Å². The van der Waals surface area contributed by atoms with Gasteiger partial charge in [-0.2, -0.15) is 4.68 Å². The number of rotatable bonds is 6. The highest BCUT2D eigenvalue weighted by Crippen LogP contribution is 2.19. The van der Waals surface area contributed by atoms with Crippen molar-refractivity contribution in [1.82, 2.24) is 20.2 Å². The SMILES string of the molecule is CC(=O)CCCSc1nnnn1-c1ccccc1. The third-order valence-electron chi connectivity index (χ3n) is 2.35. The molecule has 0 spiro atoms. The maximum absolute atomic E-state index is 10.8. The van der Waals surface area contributed by atoms with Crippen LogP contribution < -0.4 is 0 Å². The Kier molecular flexibility index (Phi) is 4.46. The minimum atomic E-state index is 0.221. The Morgan fingerprint density at radius 2 is 2.11 bits per heavy atom. The van der Waals surface area contributed by atoms with Crippen LogP contribution >= 0.6 is 11.8 Å². The maximum atomic E-state index is 10.8. The van der Waals surface area contributed by atoms with Crippen molar-refractivity contribution in [3.05, 3.63) is 30.3 Å². The van der Waals surface area contributed by atoms with E-state index in [1.54, 1.807) is 23.4 Å².